The Labute approximate surface area is 508 Å². The van der Waals surface area contributed by atoms with Crippen molar-refractivity contribution < 1.29 is 28.6 Å². The first-order valence-electron chi connectivity index (χ1n) is 35.2. The highest BCUT2D eigenvalue weighted by molar-refractivity contribution is 5.71. The van der Waals surface area contributed by atoms with Crippen molar-refractivity contribution in [3.63, 3.8) is 0 Å². The van der Waals surface area contributed by atoms with E-state index in [2.05, 4.69) is 118 Å². The molecule has 6 heteroatoms. The summed E-state index contributed by atoms with van der Waals surface area (Å²) in [6.45, 7) is 6.52. The van der Waals surface area contributed by atoms with E-state index < -0.39 is 6.10 Å². The second-order valence-corrected chi connectivity index (χ2v) is 23.4. The Hall–Kier alpha value is -3.67. The maximum atomic E-state index is 12.9. The summed E-state index contributed by atoms with van der Waals surface area (Å²) in [4.78, 5) is 38.4. The minimum atomic E-state index is -0.808. The molecule has 0 aromatic heterocycles. The maximum Gasteiger partial charge on any atom is 0.306 e. The monoisotopic (exact) mass is 1140 g/mol. The Bertz CT molecular complexity index is 1590. The van der Waals surface area contributed by atoms with Crippen LogP contribution in [-0.4, -0.2) is 37.2 Å². The molecule has 0 amide bonds. The fourth-order valence-electron chi connectivity index (χ4n) is 10.1. The molecule has 0 bridgehead atoms. The van der Waals surface area contributed by atoms with Crippen molar-refractivity contribution in [2.75, 3.05) is 13.2 Å². The Morgan fingerprint density at radius 1 is 0.256 bits per heavy atom. The van der Waals surface area contributed by atoms with E-state index in [0.717, 1.165) is 89.9 Å². The van der Waals surface area contributed by atoms with Gasteiger partial charge in [-0.05, 0) is 96.3 Å². The van der Waals surface area contributed by atoms with E-state index in [4.69, 9.17) is 14.2 Å². The van der Waals surface area contributed by atoms with Crippen LogP contribution in [0.15, 0.2) is 97.2 Å². The number of carbonyl (C=O) groups is 3. The molecule has 0 heterocycles. The summed E-state index contributed by atoms with van der Waals surface area (Å²) < 4.78 is 16.9. The van der Waals surface area contributed by atoms with Gasteiger partial charge in [0.25, 0.3) is 0 Å². The van der Waals surface area contributed by atoms with Crippen molar-refractivity contribution in [3.05, 3.63) is 97.2 Å². The van der Waals surface area contributed by atoms with Crippen LogP contribution in [0.4, 0.5) is 0 Å². The number of carbonyl (C=O) groups excluding carboxylic acids is 3. The molecule has 0 rings (SSSR count). The molecule has 6 nitrogen and oxygen atoms in total. The lowest BCUT2D eigenvalue weighted by Crippen LogP contribution is -2.30. The fraction of sp³-hybridized carbons (Fsp3) is 0.750. The van der Waals surface area contributed by atoms with Crippen molar-refractivity contribution in [1.29, 1.82) is 0 Å². The lowest BCUT2D eigenvalue weighted by molar-refractivity contribution is -0.167. The van der Waals surface area contributed by atoms with Crippen molar-refractivity contribution >= 4 is 17.9 Å². The smallest absolute Gasteiger partial charge is 0.306 e. The molecule has 0 fully saturated rings. The van der Waals surface area contributed by atoms with E-state index in [9.17, 15) is 14.4 Å². The van der Waals surface area contributed by atoms with Crippen molar-refractivity contribution in [2.24, 2.45) is 0 Å². The molecule has 1 atom stereocenters. The average molecular weight is 1140 g/mol. The molecule has 0 radical (unpaired) electrons. The molecule has 82 heavy (non-hydrogen) atoms. The van der Waals surface area contributed by atoms with Gasteiger partial charge in [-0.1, -0.05) is 330 Å². The molecule has 472 valence electrons. The number of allylic oxidation sites excluding steroid dienone is 16. The normalized spacial score (nSPS) is 12.7. The second kappa shape index (κ2) is 69.8. The fourth-order valence-corrected chi connectivity index (χ4v) is 10.1. The molecule has 0 N–H and O–H groups in total. The minimum absolute atomic E-state index is 0.0972. The maximum absolute atomic E-state index is 12.9. The number of hydrogen-bond acceptors (Lipinski definition) is 6. The molecule has 0 spiro atoms. The highest BCUT2D eigenvalue weighted by Gasteiger charge is 2.19. The largest absolute Gasteiger partial charge is 0.462 e. The van der Waals surface area contributed by atoms with E-state index >= 15 is 0 Å². The van der Waals surface area contributed by atoms with E-state index in [1.165, 1.54) is 212 Å². The number of hydrogen-bond donors (Lipinski definition) is 0. The highest BCUT2D eigenvalue weighted by Crippen LogP contribution is 2.17. The van der Waals surface area contributed by atoms with Gasteiger partial charge in [-0.15, -0.1) is 0 Å². The van der Waals surface area contributed by atoms with Gasteiger partial charge in [-0.2, -0.15) is 0 Å². The van der Waals surface area contributed by atoms with Crippen molar-refractivity contribution in [3.8, 4) is 0 Å². The first-order chi connectivity index (χ1) is 40.5. The molecule has 0 aliphatic heterocycles. The summed E-state index contributed by atoms with van der Waals surface area (Å²) >= 11 is 0. The zero-order chi connectivity index (χ0) is 59.2. The van der Waals surface area contributed by atoms with Crippen LogP contribution in [0.5, 0.6) is 0 Å². The number of ether oxygens (including phenoxy) is 3. The van der Waals surface area contributed by atoms with Gasteiger partial charge < -0.3 is 14.2 Å². The molecule has 0 aliphatic rings. The summed E-state index contributed by atoms with van der Waals surface area (Å²) in [6.07, 6.45) is 94.5. The predicted octanol–water partition coefficient (Wildman–Crippen LogP) is 24.4. The van der Waals surface area contributed by atoms with Gasteiger partial charge in [-0.25, -0.2) is 0 Å². The summed E-state index contributed by atoms with van der Waals surface area (Å²) in [7, 11) is 0. The Morgan fingerprint density at radius 2 is 0.488 bits per heavy atom. The third-order valence-corrected chi connectivity index (χ3v) is 15.3. The number of esters is 3. The Balaban J connectivity index is 4.30. The molecule has 0 saturated heterocycles. The first kappa shape index (κ1) is 78.3. The van der Waals surface area contributed by atoms with Gasteiger partial charge in [0, 0.05) is 19.3 Å². The van der Waals surface area contributed by atoms with Crippen LogP contribution in [-0.2, 0) is 28.6 Å². The summed E-state index contributed by atoms with van der Waals surface area (Å²) in [5.74, 6) is -0.942. The molecular formula is C76H132O6. The Morgan fingerprint density at radius 3 is 0.793 bits per heavy atom. The van der Waals surface area contributed by atoms with E-state index in [1.54, 1.807) is 0 Å². The van der Waals surface area contributed by atoms with Crippen molar-refractivity contribution in [2.45, 2.75) is 354 Å². The van der Waals surface area contributed by atoms with E-state index in [0.29, 0.717) is 19.3 Å². The van der Waals surface area contributed by atoms with Crippen LogP contribution in [0, 0.1) is 0 Å². The third kappa shape index (κ3) is 67.1. The van der Waals surface area contributed by atoms with Gasteiger partial charge in [0.15, 0.2) is 6.10 Å². The third-order valence-electron chi connectivity index (χ3n) is 15.3. The molecule has 0 aliphatic carbocycles. The van der Waals surface area contributed by atoms with Gasteiger partial charge in [0.05, 0.1) is 0 Å². The molecule has 0 aromatic carbocycles. The van der Waals surface area contributed by atoms with Crippen LogP contribution >= 0.6 is 0 Å². The SMILES string of the molecule is CC/C=C\C/C=C\C/C=C\C/C=C\C/C=C\C/C=C\C/C=C\CCCC(=O)OC(COC(=O)CCCCCCCCCCCCCC)COC(=O)CCCCCCCCCCCCCCCCCCC/C=C\CCCCCCCCCC. The van der Waals surface area contributed by atoms with Gasteiger partial charge in [0.1, 0.15) is 13.2 Å². The standard InChI is InChI=1S/C76H132O6/c1-4-7-10-13-16-19-22-25-27-29-31-33-35-36-37-38-39-40-42-43-45-47-49-51-54-57-60-63-66-69-75(78)81-72-73(71-80-74(77)68-65-62-59-56-53-24-21-18-15-12-9-6-3)82-76(79)70-67-64-61-58-55-52-50-48-46-44-41-34-32-30-28-26-23-20-17-14-11-8-5-2/h8,11,17,20,26,28-29,31-32,34,44,46,50,52,58,61,73H,4-7,9-10,12-16,18-19,21-25,27,30,33,35-43,45,47-49,51,53-57,59-60,62-72H2,1-3H3/b11-8-,20-17-,28-26-,31-29-,34-32-,46-44-,52-50-,61-58-. The van der Waals surface area contributed by atoms with Crippen LogP contribution in [0.3, 0.4) is 0 Å². The zero-order valence-electron chi connectivity index (χ0n) is 54.2. The zero-order valence-corrected chi connectivity index (χ0v) is 54.2. The highest BCUT2D eigenvalue weighted by atomic mass is 16.6. The van der Waals surface area contributed by atoms with Crippen LogP contribution in [0.2, 0.25) is 0 Å². The van der Waals surface area contributed by atoms with Crippen LogP contribution in [0.1, 0.15) is 348 Å². The minimum Gasteiger partial charge on any atom is -0.462 e. The summed E-state index contributed by atoms with van der Waals surface area (Å²) in [5.41, 5.74) is 0. The molecule has 0 aromatic rings. The lowest BCUT2D eigenvalue weighted by Gasteiger charge is -2.18. The Kier molecular flexibility index (Phi) is 66.7. The molecule has 0 saturated carbocycles. The van der Waals surface area contributed by atoms with E-state index in [-0.39, 0.29) is 37.5 Å². The summed E-state index contributed by atoms with van der Waals surface area (Å²) in [6, 6.07) is 0. The van der Waals surface area contributed by atoms with Gasteiger partial charge >= 0.3 is 17.9 Å². The lowest BCUT2D eigenvalue weighted by atomic mass is 10.0. The number of unbranched alkanes of at least 4 members (excludes halogenated alkanes) is 37. The van der Waals surface area contributed by atoms with Crippen LogP contribution in [0.25, 0.3) is 0 Å². The van der Waals surface area contributed by atoms with Crippen LogP contribution < -0.4 is 0 Å². The first-order valence-corrected chi connectivity index (χ1v) is 35.2. The second-order valence-electron chi connectivity index (χ2n) is 23.4. The average Bonchev–Trinajstić information content (AvgIpc) is 3.47. The predicted molar refractivity (Wildman–Crippen MR) is 357 cm³/mol. The summed E-state index contributed by atoms with van der Waals surface area (Å²) in [5, 5.41) is 0. The van der Waals surface area contributed by atoms with E-state index in [1.807, 2.05) is 0 Å². The molecular weight excluding hydrogens is 1010 g/mol. The molecule has 1 unspecified atom stereocenters. The topological polar surface area (TPSA) is 78.9 Å². The van der Waals surface area contributed by atoms with Crippen molar-refractivity contribution in [1.82, 2.24) is 0 Å². The number of rotatable bonds is 64. The van der Waals surface area contributed by atoms with Gasteiger partial charge in [0.2, 0.25) is 0 Å². The quantitative estimate of drug-likeness (QED) is 0.0261. The van der Waals surface area contributed by atoms with Gasteiger partial charge in [-0.3, -0.25) is 14.4 Å².